The van der Waals surface area contributed by atoms with Gasteiger partial charge in [-0.1, -0.05) is 44.2 Å². The standard InChI is InChI=1S/C20H21N3O2/c1-13(2)12-17(22-19(24)14-8-4-3-5-9-14)18-21-16-11-7-6-10-15(16)20(25)23-18/h3-11,13,17H,12H2,1-2H3,(H,22,24)(H,21,23,25). The number of hydrogen-bond acceptors (Lipinski definition) is 3. The van der Waals surface area contributed by atoms with E-state index in [1.54, 1.807) is 24.3 Å². The van der Waals surface area contributed by atoms with Gasteiger partial charge in [-0.3, -0.25) is 9.59 Å². The molecule has 2 N–H and O–H groups in total. The van der Waals surface area contributed by atoms with Crippen molar-refractivity contribution in [3.8, 4) is 0 Å². The normalized spacial score (nSPS) is 12.3. The van der Waals surface area contributed by atoms with Crippen molar-refractivity contribution >= 4 is 16.8 Å². The maximum atomic E-state index is 12.5. The first-order valence-electron chi connectivity index (χ1n) is 8.39. The maximum absolute atomic E-state index is 12.5. The summed E-state index contributed by atoms with van der Waals surface area (Å²) in [5, 5.41) is 3.55. The highest BCUT2D eigenvalue weighted by Gasteiger charge is 2.20. The molecule has 3 aromatic rings. The Labute approximate surface area is 146 Å². The van der Waals surface area contributed by atoms with Gasteiger partial charge in [0.2, 0.25) is 0 Å². The van der Waals surface area contributed by atoms with E-state index in [9.17, 15) is 9.59 Å². The maximum Gasteiger partial charge on any atom is 0.258 e. The van der Waals surface area contributed by atoms with Gasteiger partial charge in [-0.15, -0.1) is 0 Å². The molecule has 2 aromatic carbocycles. The van der Waals surface area contributed by atoms with E-state index in [0.717, 1.165) is 0 Å². The van der Waals surface area contributed by atoms with Crippen molar-refractivity contribution in [1.82, 2.24) is 15.3 Å². The second-order valence-electron chi connectivity index (χ2n) is 6.49. The van der Waals surface area contributed by atoms with Crippen LogP contribution in [0.25, 0.3) is 10.9 Å². The number of nitrogens with one attached hydrogen (secondary N) is 2. The van der Waals surface area contributed by atoms with Crippen LogP contribution in [0, 0.1) is 5.92 Å². The number of para-hydroxylation sites is 1. The highest BCUT2D eigenvalue weighted by molar-refractivity contribution is 5.94. The molecule has 25 heavy (non-hydrogen) atoms. The minimum atomic E-state index is -0.356. The molecule has 1 amide bonds. The lowest BCUT2D eigenvalue weighted by Crippen LogP contribution is -2.32. The Morgan fingerprint density at radius 3 is 2.48 bits per heavy atom. The number of hydrogen-bond donors (Lipinski definition) is 2. The van der Waals surface area contributed by atoms with E-state index in [4.69, 9.17) is 0 Å². The minimum absolute atomic E-state index is 0.179. The van der Waals surface area contributed by atoms with Crippen LogP contribution < -0.4 is 10.9 Å². The lowest BCUT2D eigenvalue weighted by atomic mass is 10.0. The van der Waals surface area contributed by atoms with Gasteiger partial charge in [0.1, 0.15) is 5.82 Å². The summed E-state index contributed by atoms with van der Waals surface area (Å²) in [6, 6.07) is 15.9. The van der Waals surface area contributed by atoms with E-state index in [1.807, 2.05) is 30.3 Å². The molecule has 1 aromatic heterocycles. The molecule has 0 saturated carbocycles. The average Bonchev–Trinajstić information content (AvgIpc) is 2.61. The molecule has 0 saturated heterocycles. The topological polar surface area (TPSA) is 74.8 Å². The van der Waals surface area contributed by atoms with Crippen LogP contribution in [0.4, 0.5) is 0 Å². The van der Waals surface area contributed by atoms with Crippen LogP contribution in [0.3, 0.4) is 0 Å². The Hall–Kier alpha value is -2.95. The summed E-state index contributed by atoms with van der Waals surface area (Å²) in [4.78, 5) is 32.3. The second-order valence-corrected chi connectivity index (χ2v) is 6.49. The van der Waals surface area contributed by atoms with Crippen LogP contribution in [0.1, 0.15) is 42.5 Å². The van der Waals surface area contributed by atoms with Crippen molar-refractivity contribution in [3.05, 3.63) is 76.3 Å². The number of amides is 1. The van der Waals surface area contributed by atoms with Crippen LogP contribution in [-0.2, 0) is 0 Å². The average molecular weight is 335 g/mol. The van der Waals surface area contributed by atoms with Gasteiger partial charge < -0.3 is 10.3 Å². The Bertz CT molecular complexity index is 932. The molecule has 1 unspecified atom stereocenters. The van der Waals surface area contributed by atoms with Crippen LogP contribution in [0.2, 0.25) is 0 Å². The molecular weight excluding hydrogens is 314 g/mol. The summed E-state index contributed by atoms with van der Waals surface area (Å²) in [6.07, 6.45) is 0.680. The number of H-pyrrole nitrogens is 1. The predicted octanol–water partition coefficient (Wildman–Crippen LogP) is 3.44. The molecule has 0 aliphatic rings. The van der Waals surface area contributed by atoms with Gasteiger partial charge >= 0.3 is 0 Å². The highest BCUT2D eigenvalue weighted by Crippen LogP contribution is 2.19. The second kappa shape index (κ2) is 7.30. The van der Waals surface area contributed by atoms with Crippen molar-refractivity contribution in [2.45, 2.75) is 26.3 Å². The zero-order valence-corrected chi connectivity index (χ0v) is 14.3. The number of nitrogens with zero attached hydrogens (tertiary/aromatic N) is 1. The summed E-state index contributed by atoms with van der Waals surface area (Å²) in [6.45, 7) is 4.14. The molecule has 3 rings (SSSR count). The van der Waals surface area contributed by atoms with Gasteiger partial charge in [0, 0.05) is 5.56 Å². The first-order chi connectivity index (χ1) is 12.0. The Balaban J connectivity index is 1.96. The lowest BCUT2D eigenvalue weighted by Gasteiger charge is -2.20. The number of benzene rings is 2. The van der Waals surface area contributed by atoms with E-state index in [1.165, 1.54) is 0 Å². The fraction of sp³-hybridized carbons (Fsp3) is 0.250. The number of carbonyl (C=O) groups excluding carboxylic acids is 1. The predicted molar refractivity (Wildman–Crippen MR) is 98.5 cm³/mol. The smallest absolute Gasteiger partial charge is 0.258 e. The van der Waals surface area contributed by atoms with Gasteiger partial charge in [-0.2, -0.15) is 0 Å². The van der Waals surface area contributed by atoms with Crippen molar-refractivity contribution in [1.29, 1.82) is 0 Å². The molecular formula is C20H21N3O2. The van der Waals surface area contributed by atoms with Gasteiger partial charge in [-0.25, -0.2) is 4.98 Å². The molecule has 128 valence electrons. The van der Waals surface area contributed by atoms with Gasteiger partial charge in [0.15, 0.2) is 0 Å². The van der Waals surface area contributed by atoms with E-state index in [2.05, 4.69) is 29.1 Å². The van der Waals surface area contributed by atoms with Crippen molar-refractivity contribution in [3.63, 3.8) is 0 Å². The van der Waals surface area contributed by atoms with Crippen molar-refractivity contribution in [2.75, 3.05) is 0 Å². The van der Waals surface area contributed by atoms with E-state index in [-0.39, 0.29) is 17.5 Å². The Morgan fingerprint density at radius 2 is 1.76 bits per heavy atom. The highest BCUT2D eigenvalue weighted by atomic mass is 16.1. The molecule has 1 heterocycles. The quantitative estimate of drug-likeness (QED) is 0.750. The molecule has 0 spiro atoms. The Morgan fingerprint density at radius 1 is 1.08 bits per heavy atom. The molecule has 1 atom stereocenters. The SMILES string of the molecule is CC(C)CC(NC(=O)c1ccccc1)c1nc2ccccc2c(=O)[nH]1. The fourth-order valence-corrected chi connectivity index (χ4v) is 2.81. The number of carbonyl (C=O) groups is 1. The molecule has 5 heteroatoms. The third-order valence-electron chi connectivity index (χ3n) is 4.01. The van der Waals surface area contributed by atoms with Crippen LogP contribution in [-0.4, -0.2) is 15.9 Å². The van der Waals surface area contributed by atoms with Crippen LogP contribution >= 0.6 is 0 Å². The summed E-state index contributed by atoms with van der Waals surface area (Å²) >= 11 is 0. The number of aromatic amines is 1. The lowest BCUT2D eigenvalue weighted by molar-refractivity contribution is 0.0930. The van der Waals surface area contributed by atoms with Gasteiger partial charge in [0.25, 0.3) is 11.5 Å². The molecule has 0 aliphatic heterocycles. The summed E-state index contributed by atoms with van der Waals surface area (Å²) in [5.74, 6) is 0.640. The van der Waals surface area contributed by atoms with Gasteiger partial charge in [0.05, 0.1) is 16.9 Å². The summed E-state index contributed by atoms with van der Waals surface area (Å²) in [5.41, 5.74) is 1.02. The molecule has 0 bridgehead atoms. The zero-order valence-electron chi connectivity index (χ0n) is 14.3. The van der Waals surface area contributed by atoms with E-state index in [0.29, 0.717) is 34.6 Å². The monoisotopic (exact) mass is 335 g/mol. The van der Waals surface area contributed by atoms with E-state index >= 15 is 0 Å². The largest absolute Gasteiger partial charge is 0.342 e. The van der Waals surface area contributed by atoms with Crippen LogP contribution in [0.15, 0.2) is 59.4 Å². The number of rotatable bonds is 5. The molecule has 0 aliphatic carbocycles. The first kappa shape index (κ1) is 16.9. The van der Waals surface area contributed by atoms with Crippen molar-refractivity contribution in [2.24, 2.45) is 5.92 Å². The first-order valence-corrected chi connectivity index (χ1v) is 8.39. The minimum Gasteiger partial charge on any atom is -0.342 e. The van der Waals surface area contributed by atoms with Crippen LogP contribution in [0.5, 0.6) is 0 Å². The molecule has 0 fully saturated rings. The number of fused-ring (bicyclic) bond motifs is 1. The Kier molecular flexibility index (Phi) is 4.93. The number of aromatic nitrogens is 2. The summed E-state index contributed by atoms with van der Waals surface area (Å²) < 4.78 is 0. The zero-order chi connectivity index (χ0) is 17.8. The summed E-state index contributed by atoms with van der Waals surface area (Å²) in [7, 11) is 0. The molecule has 5 nitrogen and oxygen atoms in total. The molecule has 0 radical (unpaired) electrons. The fourth-order valence-electron chi connectivity index (χ4n) is 2.81. The van der Waals surface area contributed by atoms with Crippen molar-refractivity contribution < 1.29 is 4.79 Å². The van der Waals surface area contributed by atoms with Gasteiger partial charge in [-0.05, 0) is 36.6 Å². The third kappa shape index (κ3) is 3.94. The van der Waals surface area contributed by atoms with E-state index < -0.39 is 0 Å². The third-order valence-corrected chi connectivity index (χ3v) is 4.01.